The molecule has 2 amide bonds. The molecule has 0 aromatic heterocycles. The number of aromatic hydroxyl groups is 1. The van der Waals surface area contributed by atoms with Gasteiger partial charge in [-0.3, -0.25) is 0 Å². The van der Waals surface area contributed by atoms with E-state index in [0.29, 0.717) is 23.4 Å². The third kappa shape index (κ3) is 2.99. The van der Waals surface area contributed by atoms with Crippen molar-refractivity contribution in [2.75, 3.05) is 10.6 Å². The Balaban J connectivity index is 1.68. The Labute approximate surface area is 121 Å². The zero-order chi connectivity index (χ0) is 14.8. The third-order valence-electron chi connectivity index (χ3n) is 3.19. The zero-order valence-electron chi connectivity index (χ0n) is 11.0. The van der Waals surface area contributed by atoms with Crippen molar-refractivity contribution in [3.63, 3.8) is 0 Å². The van der Waals surface area contributed by atoms with Crippen molar-refractivity contribution >= 4 is 30.0 Å². The van der Waals surface area contributed by atoms with Gasteiger partial charge in [-0.2, -0.15) is 0 Å². The number of carbonyl (C=O) groups excluding carboxylic acids is 1. The average Bonchev–Trinajstić information content (AvgIpc) is 2.83. The summed E-state index contributed by atoms with van der Waals surface area (Å²) in [5.41, 5.74) is 2.70. The van der Waals surface area contributed by atoms with Crippen LogP contribution in [-0.4, -0.2) is 23.3 Å². The van der Waals surface area contributed by atoms with Crippen LogP contribution in [0.2, 0.25) is 0 Å². The highest BCUT2D eigenvalue weighted by molar-refractivity contribution is 6.61. The van der Waals surface area contributed by atoms with Gasteiger partial charge >= 0.3 is 13.1 Å². The molecule has 0 atom stereocenters. The van der Waals surface area contributed by atoms with Gasteiger partial charge in [0.25, 0.3) is 0 Å². The van der Waals surface area contributed by atoms with E-state index in [2.05, 4.69) is 10.6 Å². The highest BCUT2D eigenvalue weighted by atomic mass is 16.5. The molecule has 3 rings (SSSR count). The Morgan fingerprint density at radius 3 is 2.52 bits per heavy atom. The number of hydrogen-bond donors (Lipinski definition) is 4. The minimum absolute atomic E-state index is 0.133. The number of carbonyl (C=O) groups is 1. The summed E-state index contributed by atoms with van der Waals surface area (Å²) in [5.74, 6) is 0.133. The van der Waals surface area contributed by atoms with Crippen LogP contribution in [0, 0.1) is 0 Å². The Kier molecular flexibility index (Phi) is 3.51. The van der Waals surface area contributed by atoms with Gasteiger partial charge in [-0.15, -0.1) is 0 Å². The van der Waals surface area contributed by atoms with Crippen molar-refractivity contribution in [1.82, 2.24) is 0 Å². The number of benzene rings is 2. The van der Waals surface area contributed by atoms with Gasteiger partial charge in [0.05, 0.1) is 6.61 Å². The number of phenols is 1. The van der Waals surface area contributed by atoms with Crippen molar-refractivity contribution in [2.24, 2.45) is 0 Å². The molecule has 4 N–H and O–H groups in total. The maximum absolute atomic E-state index is 11.9. The second-order valence-electron chi connectivity index (χ2n) is 4.70. The van der Waals surface area contributed by atoms with E-state index in [-0.39, 0.29) is 5.75 Å². The van der Waals surface area contributed by atoms with Crippen LogP contribution in [0.4, 0.5) is 16.2 Å². The van der Waals surface area contributed by atoms with Gasteiger partial charge in [0.2, 0.25) is 0 Å². The summed E-state index contributed by atoms with van der Waals surface area (Å²) in [5, 5.41) is 24.1. The van der Waals surface area contributed by atoms with Crippen LogP contribution < -0.4 is 16.1 Å². The smallest absolute Gasteiger partial charge is 0.491 e. The van der Waals surface area contributed by atoms with E-state index >= 15 is 0 Å². The molecule has 7 heteroatoms. The van der Waals surface area contributed by atoms with Crippen LogP contribution in [0.25, 0.3) is 0 Å². The van der Waals surface area contributed by atoms with Crippen LogP contribution in [-0.2, 0) is 11.3 Å². The zero-order valence-corrected chi connectivity index (χ0v) is 11.0. The number of rotatable bonds is 2. The molecule has 0 saturated carbocycles. The first-order valence-electron chi connectivity index (χ1n) is 6.41. The molecule has 1 aliphatic heterocycles. The van der Waals surface area contributed by atoms with Crippen molar-refractivity contribution in [1.29, 1.82) is 0 Å². The largest absolute Gasteiger partial charge is 0.508 e. The van der Waals surface area contributed by atoms with Gasteiger partial charge in [0.1, 0.15) is 5.75 Å². The second kappa shape index (κ2) is 5.47. The minimum Gasteiger partial charge on any atom is -0.508 e. The first-order valence-corrected chi connectivity index (χ1v) is 6.41. The molecule has 0 unspecified atom stereocenters. The molecular formula is C14H13BN2O4. The number of hydrogen-bond acceptors (Lipinski definition) is 4. The fourth-order valence-corrected chi connectivity index (χ4v) is 2.13. The lowest BCUT2D eigenvalue weighted by Crippen LogP contribution is -2.29. The lowest BCUT2D eigenvalue weighted by molar-refractivity contribution is 0.262. The number of urea groups is 1. The Morgan fingerprint density at radius 2 is 1.76 bits per heavy atom. The molecule has 2 aromatic carbocycles. The predicted molar refractivity (Wildman–Crippen MR) is 79.6 cm³/mol. The SMILES string of the molecule is O=C(Nc1ccc(O)cc1)Nc1ccc2c(c1)B(O)OC2. The van der Waals surface area contributed by atoms with Gasteiger partial charge in [-0.1, -0.05) is 6.07 Å². The van der Waals surface area contributed by atoms with Gasteiger partial charge in [0, 0.05) is 11.4 Å². The van der Waals surface area contributed by atoms with Crippen LogP contribution in [0.3, 0.4) is 0 Å². The number of amides is 2. The molecule has 0 saturated heterocycles. The highest BCUT2D eigenvalue weighted by Gasteiger charge is 2.27. The minimum atomic E-state index is -0.943. The number of phenolic OH excluding ortho intramolecular Hbond substituents is 1. The lowest BCUT2D eigenvalue weighted by Gasteiger charge is -2.09. The average molecular weight is 284 g/mol. The molecular weight excluding hydrogens is 271 g/mol. The van der Waals surface area contributed by atoms with Crippen LogP contribution in [0.1, 0.15) is 5.56 Å². The molecule has 1 heterocycles. The van der Waals surface area contributed by atoms with E-state index in [1.54, 1.807) is 24.3 Å². The molecule has 1 aliphatic rings. The standard InChI is InChI=1S/C14H13BN2O4/c18-12-5-3-10(4-6-12)16-14(19)17-11-2-1-9-8-21-15(20)13(9)7-11/h1-7,18,20H,8H2,(H2,16,17,19). The van der Waals surface area contributed by atoms with Crippen molar-refractivity contribution in [3.05, 3.63) is 48.0 Å². The summed E-state index contributed by atoms with van der Waals surface area (Å²) in [6.45, 7) is 0.372. The van der Waals surface area contributed by atoms with Gasteiger partial charge in [-0.05, 0) is 47.4 Å². The maximum atomic E-state index is 11.9. The molecule has 6 nitrogen and oxygen atoms in total. The normalized spacial score (nSPS) is 12.9. The van der Waals surface area contributed by atoms with E-state index in [9.17, 15) is 14.9 Å². The molecule has 0 radical (unpaired) electrons. The predicted octanol–water partition coefficient (Wildman–Crippen LogP) is 1.25. The maximum Gasteiger partial charge on any atom is 0.491 e. The van der Waals surface area contributed by atoms with E-state index in [1.165, 1.54) is 12.1 Å². The van der Waals surface area contributed by atoms with Gasteiger partial charge in [-0.25, -0.2) is 4.79 Å². The first kappa shape index (κ1) is 13.5. The number of nitrogens with one attached hydrogen (secondary N) is 2. The highest BCUT2D eigenvalue weighted by Crippen LogP contribution is 2.16. The van der Waals surface area contributed by atoms with E-state index in [0.717, 1.165) is 5.56 Å². The number of fused-ring (bicyclic) bond motifs is 1. The van der Waals surface area contributed by atoms with E-state index < -0.39 is 13.1 Å². The quantitative estimate of drug-likeness (QED) is 0.493. The van der Waals surface area contributed by atoms with Crippen LogP contribution in [0.5, 0.6) is 5.75 Å². The summed E-state index contributed by atoms with van der Waals surface area (Å²) in [6.07, 6.45) is 0. The molecule has 0 aliphatic carbocycles. The summed E-state index contributed by atoms with van der Waals surface area (Å²) in [4.78, 5) is 11.9. The fourth-order valence-electron chi connectivity index (χ4n) is 2.13. The molecule has 21 heavy (non-hydrogen) atoms. The van der Waals surface area contributed by atoms with E-state index in [4.69, 9.17) is 4.65 Å². The molecule has 2 aromatic rings. The van der Waals surface area contributed by atoms with Crippen LogP contribution in [0.15, 0.2) is 42.5 Å². The molecule has 0 fully saturated rings. The Hall–Kier alpha value is -2.51. The van der Waals surface area contributed by atoms with Crippen molar-refractivity contribution in [2.45, 2.75) is 6.61 Å². The lowest BCUT2D eigenvalue weighted by atomic mass is 9.79. The van der Waals surface area contributed by atoms with Crippen molar-refractivity contribution in [3.8, 4) is 5.75 Å². The summed E-state index contributed by atoms with van der Waals surface area (Å²) >= 11 is 0. The first-order chi connectivity index (χ1) is 10.1. The second-order valence-corrected chi connectivity index (χ2v) is 4.70. The molecule has 0 spiro atoms. The monoisotopic (exact) mass is 284 g/mol. The topological polar surface area (TPSA) is 90.8 Å². The Bertz CT molecular complexity index is 675. The van der Waals surface area contributed by atoms with Gasteiger partial charge in [0.15, 0.2) is 0 Å². The van der Waals surface area contributed by atoms with E-state index in [1.807, 2.05) is 6.07 Å². The molecule has 106 valence electrons. The summed E-state index contributed by atoms with van der Waals surface area (Å²) in [6, 6.07) is 11.0. The summed E-state index contributed by atoms with van der Waals surface area (Å²) in [7, 11) is -0.943. The number of anilines is 2. The third-order valence-corrected chi connectivity index (χ3v) is 3.19. The Morgan fingerprint density at radius 1 is 1.10 bits per heavy atom. The fraction of sp³-hybridized carbons (Fsp3) is 0.0714. The van der Waals surface area contributed by atoms with Crippen molar-refractivity contribution < 1.29 is 19.6 Å². The van der Waals surface area contributed by atoms with Gasteiger partial charge < -0.3 is 25.4 Å². The van der Waals surface area contributed by atoms with Crippen LogP contribution >= 0.6 is 0 Å². The molecule has 0 bridgehead atoms. The summed E-state index contributed by atoms with van der Waals surface area (Å²) < 4.78 is 5.09.